The quantitative estimate of drug-likeness (QED) is 0.752. The monoisotopic (exact) mass is 237 g/mol. The molecule has 0 amide bonds. The first-order valence-corrected chi connectivity index (χ1v) is 5.13. The number of halogens is 2. The Balaban J connectivity index is 2.33. The molecule has 0 aliphatic heterocycles. The maximum Gasteiger partial charge on any atom is 0.166 e. The lowest BCUT2D eigenvalue weighted by molar-refractivity contribution is 0.111. The third-order valence-electron chi connectivity index (χ3n) is 2.33. The lowest BCUT2D eigenvalue weighted by Crippen LogP contribution is -2.03. The Morgan fingerprint density at radius 1 is 1.38 bits per heavy atom. The lowest BCUT2D eigenvalue weighted by atomic mass is 10.2. The highest BCUT2D eigenvalue weighted by molar-refractivity contribution is 6.31. The van der Waals surface area contributed by atoms with Gasteiger partial charge in [0.15, 0.2) is 6.29 Å². The van der Waals surface area contributed by atoms with Crippen LogP contribution in [0.25, 0.3) is 0 Å². The Hall–Kier alpha value is -1.61. The number of hydrogen-bond acceptors (Lipinski definition) is 1. The Morgan fingerprint density at radius 3 is 2.94 bits per heavy atom. The van der Waals surface area contributed by atoms with Gasteiger partial charge in [-0.15, -0.1) is 0 Å². The third kappa shape index (κ3) is 2.14. The predicted octanol–water partition coefficient (Wildman–Crippen LogP) is 3.14. The highest BCUT2D eigenvalue weighted by Crippen LogP contribution is 2.18. The van der Waals surface area contributed by atoms with Gasteiger partial charge < -0.3 is 4.57 Å². The van der Waals surface area contributed by atoms with Crippen LogP contribution in [-0.4, -0.2) is 10.9 Å². The van der Waals surface area contributed by atoms with Crippen LogP contribution in [0.1, 0.15) is 16.1 Å². The van der Waals surface area contributed by atoms with Crippen LogP contribution in [0.15, 0.2) is 36.5 Å². The Morgan fingerprint density at radius 2 is 2.19 bits per heavy atom. The summed E-state index contributed by atoms with van der Waals surface area (Å²) in [5.74, 6) is -0.334. The minimum absolute atomic E-state index is 0.334. The molecule has 16 heavy (non-hydrogen) atoms. The van der Waals surface area contributed by atoms with Crippen LogP contribution in [-0.2, 0) is 6.54 Å². The zero-order valence-corrected chi connectivity index (χ0v) is 9.12. The molecule has 0 unspecified atom stereocenters. The SMILES string of the molecule is O=Cc1cccn1Cc1cc(F)ccc1Cl. The topological polar surface area (TPSA) is 22.0 Å². The van der Waals surface area contributed by atoms with Crippen LogP contribution in [0.4, 0.5) is 4.39 Å². The average Bonchev–Trinajstić information content (AvgIpc) is 2.71. The highest BCUT2D eigenvalue weighted by Gasteiger charge is 2.05. The van der Waals surface area contributed by atoms with Crippen molar-refractivity contribution in [2.24, 2.45) is 0 Å². The molecule has 0 saturated carbocycles. The van der Waals surface area contributed by atoms with Crippen LogP contribution in [0.5, 0.6) is 0 Å². The molecule has 0 bridgehead atoms. The maximum atomic E-state index is 13.0. The van der Waals surface area contributed by atoms with E-state index in [1.165, 1.54) is 18.2 Å². The predicted molar refractivity (Wildman–Crippen MR) is 60.3 cm³/mol. The second kappa shape index (κ2) is 4.49. The lowest BCUT2D eigenvalue weighted by Gasteiger charge is -2.07. The number of rotatable bonds is 3. The van der Waals surface area contributed by atoms with Gasteiger partial charge in [0.1, 0.15) is 5.82 Å². The van der Waals surface area contributed by atoms with Crippen molar-refractivity contribution in [1.82, 2.24) is 4.57 Å². The van der Waals surface area contributed by atoms with E-state index in [9.17, 15) is 9.18 Å². The zero-order valence-electron chi connectivity index (χ0n) is 8.36. The van der Waals surface area contributed by atoms with Gasteiger partial charge in [0.25, 0.3) is 0 Å². The fourth-order valence-electron chi connectivity index (χ4n) is 1.53. The summed E-state index contributed by atoms with van der Waals surface area (Å²) in [5, 5.41) is 0.493. The number of aromatic nitrogens is 1. The maximum absolute atomic E-state index is 13.0. The fraction of sp³-hybridized carbons (Fsp3) is 0.0833. The van der Waals surface area contributed by atoms with E-state index in [1.54, 1.807) is 22.9 Å². The smallest absolute Gasteiger partial charge is 0.166 e. The van der Waals surface area contributed by atoms with E-state index in [1.807, 2.05) is 0 Å². The molecule has 0 radical (unpaired) electrons. The number of aldehydes is 1. The molecule has 4 heteroatoms. The molecule has 0 aliphatic carbocycles. The molecule has 2 nitrogen and oxygen atoms in total. The van der Waals surface area contributed by atoms with Gasteiger partial charge in [-0.3, -0.25) is 4.79 Å². The molecule has 2 aromatic rings. The summed E-state index contributed by atoms with van der Waals surface area (Å²) in [7, 11) is 0. The summed E-state index contributed by atoms with van der Waals surface area (Å²) in [4.78, 5) is 10.7. The summed E-state index contributed by atoms with van der Waals surface area (Å²) in [6.07, 6.45) is 2.51. The summed E-state index contributed by atoms with van der Waals surface area (Å²) in [6, 6.07) is 7.65. The van der Waals surface area contributed by atoms with E-state index in [-0.39, 0.29) is 5.82 Å². The molecule has 0 atom stereocenters. The highest BCUT2D eigenvalue weighted by atomic mass is 35.5. The normalized spacial score (nSPS) is 10.4. The van der Waals surface area contributed by atoms with E-state index in [4.69, 9.17) is 11.6 Å². The molecular formula is C12H9ClFNO. The fourth-order valence-corrected chi connectivity index (χ4v) is 1.70. The minimum Gasteiger partial charge on any atom is -0.341 e. The molecule has 0 aliphatic rings. The van der Waals surface area contributed by atoms with Crippen molar-refractivity contribution in [2.75, 3.05) is 0 Å². The first kappa shape index (κ1) is 10.9. The molecular weight excluding hydrogens is 229 g/mol. The Labute approximate surface area is 97.3 Å². The first-order chi connectivity index (χ1) is 7.70. The van der Waals surface area contributed by atoms with E-state index >= 15 is 0 Å². The van der Waals surface area contributed by atoms with E-state index in [2.05, 4.69) is 0 Å². The van der Waals surface area contributed by atoms with Crippen LogP contribution in [0.3, 0.4) is 0 Å². The number of nitrogens with zero attached hydrogens (tertiary/aromatic N) is 1. The second-order valence-corrected chi connectivity index (χ2v) is 3.82. The summed E-state index contributed by atoms with van der Waals surface area (Å²) < 4.78 is 14.7. The van der Waals surface area contributed by atoms with Gasteiger partial charge in [0.2, 0.25) is 0 Å². The van der Waals surface area contributed by atoms with Crippen LogP contribution in [0.2, 0.25) is 5.02 Å². The standard InChI is InChI=1S/C12H9ClFNO/c13-12-4-3-10(14)6-9(12)7-15-5-1-2-11(15)8-16/h1-6,8H,7H2. The van der Waals surface area contributed by atoms with Gasteiger partial charge in [-0.2, -0.15) is 0 Å². The zero-order chi connectivity index (χ0) is 11.5. The summed E-state index contributed by atoms with van der Waals surface area (Å²) >= 11 is 5.94. The molecule has 0 N–H and O–H groups in total. The molecule has 0 saturated heterocycles. The van der Waals surface area contributed by atoms with Gasteiger partial charge in [-0.25, -0.2) is 4.39 Å². The summed E-state index contributed by atoms with van der Waals surface area (Å²) in [5.41, 5.74) is 1.20. The molecule has 0 spiro atoms. The van der Waals surface area contributed by atoms with Crippen molar-refractivity contribution >= 4 is 17.9 Å². The van der Waals surface area contributed by atoms with Gasteiger partial charge in [0, 0.05) is 17.8 Å². The van der Waals surface area contributed by atoms with Crippen molar-refractivity contribution in [3.8, 4) is 0 Å². The van der Waals surface area contributed by atoms with Crippen molar-refractivity contribution < 1.29 is 9.18 Å². The number of benzene rings is 1. The average molecular weight is 238 g/mol. The van der Waals surface area contributed by atoms with E-state index < -0.39 is 0 Å². The number of carbonyl (C=O) groups is 1. The van der Waals surface area contributed by atoms with E-state index in [0.717, 1.165) is 6.29 Å². The number of carbonyl (C=O) groups excluding carboxylic acids is 1. The molecule has 1 aromatic heterocycles. The van der Waals surface area contributed by atoms with Crippen molar-refractivity contribution in [1.29, 1.82) is 0 Å². The summed E-state index contributed by atoms with van der Waals surface area (Å²) in [6.45, 7) is 0.387. The van der Waals surface area contributed by atoms with Gasteiger partial charge in [-0.05, 0) is 35.9 Å². The molecule has 2 rings (SSSR count). The first-order valence-electron chi connectivity index (χ1n) is 4.75. The largest absolute Gasteiger partial charge is 0.341 e. The van der Waals surface area contributed by atoms with Crippen LogP contribution >= 0.6 is 11.6 Å². The third-order valence-corrected chi connectivity index (χ3v) is 2.70. The number of hydrogen-bond donors (Lipinski definition) is 0. The Kier molecular flexibility index (Phi) is 3.06. The molecule has 0 fully saturated rings. The second-order valence-electron chi connectivity index (χ2n) is 3.41. The van der Waals surface area contributed by atoms with Crippen molar-refractivity contribution in [3.05, 3.63) is 58.6 Å². The Bertz CT molecular complexity index is 521. The molecule has 1 heterocycles. The van der Waals surface area contributed by atoms with Crippen LogP contribution < -0.4 is 0 Å². The van der Waals surface area contributed by atoms with Gasteiger partial charge >= 0.3 is 0 Å². The molecule has 82 valence electrons. The van der Waals surface area contributed by atoms with Crippen molar-refractivity contribution in [2.45, 2.75) is 6.54 Å². The van der Waals surface area contributed by atoms with E-state index in [0.29, 0.717) is 22.8 Å². The van der Waals surface area contributed by atoms with Gasteiger partial charge in [0.05, 0.1) is 5.69 Å². The minimum atomic E-state index is -0.334. The molecule has 1 aromatic carbocycles. The van der Waals surface area contributed by atoms with Crippen molar-refractivity contribution in [3.63, 3.8) is 0 Å². The van der Waals surface area contributed by atoms with Crippen LogP contribution in [0, 0.1) is 5.82 Å². The van der Waals surface area contributed by atoms with Gasteiger partial charge in [-0.1, -0.05) is 11.6 Å².